The van der Waals surface area contributed by atoms with E-state index in [1.807, 2.05) is 19.1 Å². The molecule has 5 aromatic carbocycles. The Bertz CT molecular complexity index is 2280. The Labute approximate surface area is 323 Å². The largest absolute Gasteiger partial charge is 0.314 e. The Hall–Kier alpha value is -6.38. The van der Waals surface area contributed by atoms with Crippen LogP contribution in [0, 0.1) is 6.92 Å². The highest BCUT2D eigenvalue weighted by Crippen LogP contribution is 2.41. The molecule has 1 aliphatic rings. The molecule has 0 fully saturated rings. The molecule has 0 N–H and O–H groups in total. The predicted octanol–water partition coefficient (Wildman–Crippen LogP) is 14.7. The molecule has 0 aliphatic carbocycles. The summed E-state index contributed by atoms with van der Waals surface area (Å²) < 4.78 is 0. The van der Waals surface area contributed by atoms with Crippen molar-refractivity contribution in [1.29, 1.82) is 0 Å². The molecule has 0 aromatic heterocycles. The fourth-order valence-corrected chi connectivity index (χ4v) is 7.02. The van der Waals surface area contributed by atoms with Gasteiger partial charge in [0.15, 0.2) is 0 Å². The molecule has 0 unspecified atom stereocenters. The minimum atomic E-state index is 0.833. The van der Waals surface area contributed by atoms with Gasteiger partial charge in [0.1, 0.15) is 0 Å². The van der Waals surface area contributed by atoms with Gasteiger partial charge in [0.25, 0.3) is 0 Å². The number of allylic oxidation sites excluding steroid dienone is 13. The van der Waals surface area contributed by atoms with Crippen LogP contribution in [0.25, 0.3) is 22.8 Å². The number of nitrogens with zero attached hydrogens (tertiary/aromatic N) is 2. The van der Waals surface area contributed by atoms with Crippen molar-refractivity contribution in [3.8, 4) is 11.1 Å². The minimum absolute atomic E-state index is 0.833. The highest BCUT2D eigenvalue weighted by molar-refractivity contribution is 5.86. The molecule has 2 heteroatoms. The third-order valence-corrected chi connectivity index (χ3v) is 9.62. The lowest BCUT2D eigenvalue weighted by Gasteiger charge is -2.33. The van der Waals surface area contributed by atoms with Crippen molar-refractivity contribution in [2.45, 2.75) is 40.5 Å². The number of hydrogen-bond acceptors (Lipinski definition) is 2. The van der Waals surface area contributed by atoms with Crippen LogP contribution in [-0.4, -0.2) is 0 Å². The summed E-state index contributed by atoms with van der Waals surface area (Å²) in [6, 6.07) is 43.6. The second-order valence-corrected chi connectivity index (χ2v) is 13.3. The molecule has 2 nitrogen and oxygen atoms in total. The molecule has 0 bridgehead atoms. The van der Waals surface area contributed by atoms with Crippen molar-refractivity contribution >= 4 is 34.4 Å². The first-order valence-corrected chi connectivity index (χ1v) is 18.8. The number of benzene rings is 5. The zero-order valence-corrected chi connectivity index (χ0v) is 32.0. The minimum Gasteiger partial charge on any atom is -0.314 e. The Kier molecular flexibility index (Phi) is 12.7. The summed E-state index contributed by atoms with van der Waals surface area (Å²) in [6.07, 6.45) is 27.5. The number of para-hydroxylation sites is 1. The fraction of sp³-hybridized carbons (Fsp3) is 0.115. The molecule has 1 aliphatic heterocycles. The highest BCUT2D eigenvalue weighted by Gasteiger charge is 2.23. The molecule has 0 radical (unpaired) electrons. The lowest BCUT2D eigenvalue weighted by Crippen LogP contribution is -2.21. The number of hydrogen-bond donors (Lipinski definition) is 0. The zero-order valence-electron chi connectivity index (χ0n) is 32.0. The van der Waals surface area contributed by atoms with E-state index in [0.717, 1.165) is 35.6 Å². The van der Waals surface area contributed by atoms with E-state index in [4.69, 9.17) is 0 Å². The lowest BCUT2D eigenvalue weighted by molar-refractivity contribution is 1.08. The van der Waals surface area contributed by atoms with Crippen molar-refractivity contribution in [2.24, 2.45) is 0 Å². The van der Waals surface area contributed by atoms with Crippen molar-refractivity contribution < 1.29 is 0 Å². The molecule has 0 atom stereocenters. The summed E-state index contributed by atoms with van der Waals surface area (Å²) in [6.45, 7) is 12.4. The van der Waals surface area contributed by atoms with Crippen LogP contribution in [-0.2, 0) is 6.42 Å². The van der Waals surface area contributed by atoms with E-state index in [1.165, 1.54) is 50.3 Å². The molecule has 0 saturated carbocycles. The van der Waals surface area contributed by atoms with Gasteiger partial charge in [-0.3, -0.25) is 0 Å². The standard InChI is InChI=1S/C52H50N2/c1-6-9-14-25-45(50-31-21-32-52-51(50)36-35-47(27-15-10-7-2)54(52)46-28-18-13-19-29-46)38-41(5)53(49-34-33-42(22-11-8-3)40(4)37-49)48-30-20-26-44(39-48)43-23-16-12-17-24-43/h6-13,15-35,37-39H,3,14,36H2,1-2,4-5H3/b9-6-,10-7-,22-11-,27-15-,41-38+,45-25?. The smallest absolute Gasteiger partial charge is 0.0502 e. The van der Waals surface area contributed by atoms with Gasteiger partial charge in [-0.2, -0.15) is 0 Å². The number of anilines is 4. The van der Waals surface area contributed by atoms with Crippen LogP contribution in [0.4, 0.5) is 22.7 Å². The quantitative estimate of drug-likeness (QED) is 0.0890. The summed E-state index contributed by atoms with van der Waals surface area (Å²) in [7, 11) is 0. The molecule has 6 rings (SSSR count). The van der Waals surface area contributed by atoms with Gasteiger partial charge in [0.2, 0.25) is 0 Å². The molecule has 0 spiro atoms. The molecular formula is C52H50N2. The fourth-order valence-electron chi connectivity index (χ4n) is 7.02. The Balaban J connectivity index is 1.51. The van der Waals surface area contributed by atoms with Crippen molar-refractivity contribution in [3.63, 3.8) is 0 Å². The first kappa shape index (κ1) is 37.4. The number of aryl methyl sites for hydroxylation is 1. The van der Waals surface area contributed by atoms with Crippen LogP contribution in [0.2, 0.25) is 0 Å². The first-order chi connectivity index (χ1) is 26.5. The second-order valence-electron chi connectivity index (χ2n) is 13.3. The number of fused-ring (bicyclic) bond motifs is 1. The molecule has 0 amide bonds. The maximum Gasteiger partial charge on any atom is 0.0502 e. The van der Waals surface area contributed by atoms with E-state index >= 15 is 0 Å². The Morgan fingerprint density at radius 3 is 2.22 bits per heavy atom. The maximum absolute atomic E-state index is 3.87. The molecule has 268 valence electrons. The van der Waals surface area contributed by atoms with E-state index in [0.29, 0.717) is 0 Å². The van der Waals surface area contributed by atoms with Gasteiger partial charge in [0.05, 0.1) is 5.69 Å². The maximum atomic E-state index is 3.87. The summed E-state index contributed by atoms with van der Waals surface area (Å²) in [4.78, 5) is 4.77. The summed E-state index contributed by atoms with van der Waals surface area (Å²) >= 11 is 0. The monoisotopic (exact) mass is 702 g/mol. The molecule has 1 heterocycles. The van der Waals surface area contributed by atoms with Gasteiger partial charge < -0.3 is 9.80 Å². The van der Waals surface area contributed by atoms with E-state index in [1.54, 1.807) is 0 Å². The summed E-state index contributed by atoms with van der Waals surface area (Å²) in [5.74, 6) is 0. The van der Waals surface area contributed by atoms with E-state index < -0.39 is 0 Å². The topological polar surface area (TPSA) is 6.48 Å². The van der Waals surface area contributed by atoms with E-state index in [2.05, 4.69) is 219 Å². The van der Waals surface area contributed by atoms with Crippen LogP contribution in [0.1, 0.15) is 49.4 Å². The average molecular weight is 703 g/mol. The van der Waals surface area contributed by atoms with Gasteiger partial charge >= 0.3 is 0 Å². The van der Waals surface area contributed by atoms with Crippen molar-refractivity contribution in [3.05, 3.63) is 228 Å². The second kappa shape index (κ2) is 18.4. The Morgan fingerprint density at radius 1 is 0.741 bits per heavy atom. The average Bonchev–Trinajstić information content (AvgIpc) is 3.21. The normalized spacial score (nSPS) is 13.6. The van der Waals surface area contributed by atoms with Gasteiger partial charge in [-0.15, -0.1) is 0 Å². The van der Waals surface area contributed by atoms with E-state index in [-0.39, 0.29) is 0 Å². The molecule has 0 saturated heterocycles. The van der Waals surface area contributed by atoms with Crippen LogP contribution >= 0.6 is 0 Å². The molecule has 54 heavy (non-hydrogen) atoms. The summed E-state index contributed by atoms with van der Waals surface area (Å²) in [5.41, 5.74) is 15.4. The lowest BCUT2D eigenvalue weighted by atomic mass is 9.91. The number of rotatable bonds is 13. The van der Waals surface area contributed by atoms with Gasteiger partial charge in [0, 0.05) is 28.5 Å². The summed E-state index contributed by atoms with van der Waals surface area (Å²) in [5, 5.41) is 0. The predicted molar refractivity (Wildman–Crippen MR) is 236 cm³/mol. The van der Waals surface area contributed by atoms with Gasteiger partial charge in [-0.1, -0.05) is 146 Å². The first-order valence-electron chi connectivity index (χ1n) is 18.8. The van der Waals surface area contributed by atoms with Crippen LogP contribution < -0.4 is 9.80 Å². The Morgan fingerprint density at radius 2 is 1.48 bits per heavy atom. The van der Waals surface area contributed by atoms with Crippen LogP contribution in [0.15, 0.2) is 206 Å². The van der Waals surface area contributed by atoms with Crippen LogP contribution in [0.5, 0.6) is 0 Å². The molecular weight excluding hydrogens is 653 g/mol. The van der Waals surface area contributed by atoms with E-state index in [9.17, 15) is 0 Å². The van der Waals surface area contributed by atoms with Crippen molar-refractivity contribution in [1.82, 2.24) is 0 Å². The van der Waals surface area contributed by atoms with Crippen LogP contribution in [0.3, 0.4) is 0 Å². The SMILES string of the molecule is C=C/C=C\c1ccc(N(/C(C)=C/C(=CC/C=C\C)c2cccc3c2CC=C(/C=C\C=C/C)N3c2ccccc2)c2cccc(-c3ccccc3)c2)cc1C. The zero-order chi connectivity index (χ0) is 37.7. The highest BCUT2D eigenvalue weighted by atomic mass is 15.2. The molecule has 5 aromatic rings. The van der Waals surface area contributed by atoms with Crippen molar-refractivity contribution in [2.75, 3.05) is 9.80 Å². The third kappa shape index (κ3) is 8.80. The van der Waals surface area contributed by atoms with Gasteiger partial charge in [-0.25, -0.2) is 0 Å². The third-order valence-electron chi connectivity index (χ3n) is 9.62. The van der Waals surface area contributed by atoms with Gasteiger partial charge in [-0.05, 0) is 134 Å².